The zero-order valence-corrected chi connectivity index (χ0v) is 13.9. The van der Waals surface area contributed by atoms with Crippen molar-refractivity contribution in [3.8, 4) is 0 Å². The monoisotopic (exact) mass is 297 g/mol. The number of hydrogen-bond acceptors (Lipinski definition) is 3. The Morgan fingerprint density at radius 3 is 2.55 bits per heavy atom. The van der Waals surface area contributed by atoms with Crippen LogP contribution in [-0.2, 0) is 10.2 Å². The Bertz CT molecular complexity index is 687. The molecule has 22 heavy (non-hydrogen) atoms. The molecule has 2 heterocycles. The van der Waals surface area contributed by atoms with Gasteiger partial charge in [-0.1, -0.05) is 38.1 Å². The lowest BCUT2D eigenvalue weighted by Crippen LogP contribution is -2.26. The van der Waals surface area contributed by atoms with Gasteiger partial charge >= 0.3 is 0 Å². The van der Waals surface area contributed by atoms with Crippen molar-refractivity contribution in [3.63, 3.8) is 0 Å². The fourth-order valence-electron chi connectivity index (χ4n) is 3.63. The van der Waals surface area contributed by atoms with Gasteiger partial charge in [0.2, 0.25) is 0 Å². The smallest absolute Gasteiger partial charge is 0.251 e. The summed E-state index contributed by atoms with van der Waals surface area (Å²) in [5, 5.41) is 5.70. The largest absolute Gasteiger partial charge is 0.347 e. The molecule has 1 amide bonds. The highest BCUT2D eigenvalue weighted by atomic mass is 16.2. The lowest BCUT2D eigenvalue weighted by Gasteiger charge is -2.24. The summed E-state index contributed by atoms with van der Waals surface area (Å²) in [4.78, 5) is 14.4. The molecule has 1 aromatic carbocycles. The predicted octanol–water partition coefficient (Wildman–Crippen LogP) is 3.15. The summed E-state index contributed by atoms with van der Waals surface area (Å²) < 4.78 is 0. The molecule has 0 saturated heterocycles. The molecule has 2 aliphatic rings. The molecule has 0 radical (unpaired) electrons. The van der Waals surface area contributed by atoms with Gasteiger partial charge in [0.1, 0.15) is 0 Å². The summed E-state index contributed by atoms with van der Waals surface area (Å²) in [6.07, 6.45) is 2.91. The molecule has 116 valence electrons. The number of carbonyl (C=O) groups excluding carboxylic acids is 1. The van der Waals surface area contributed by atoms with Gasteiger partial charge in [-0.05, 0) is 25.0 Å². The lowest BCUT2D eigenvalue weighted by molar-refractivity contribution is -0.130. The van der Waals surface area contributed by atoms with Crippen LogP contribution < -0.4 is 4.90 Å². The highest BCUT2D eigenvalue weighted by Crippen LogP contribution is 2.46. The summed E-state index contributed by atoms with van der Waals surface area (Å²) in [6, 6.07) is 8.50. The number of amides is 1. The van der Waals surface area contributed by atoms with Gasteiger partial charge in [-0.2, -0.15) is 5.10 Å². The van der Waals surface area contributed by atoms with E-state index in [0.29, 0.717) is 6.42 Å². The molecule has 1 atom stereocenters. The number of allylic oxidation sites excluding steroid dienone is 2. The van der Waals surface area contributed by atoms with Crippen molar-refractivity contribution < 1.29 is 4.79 Å². The van der Waals surface area contributed by atoms with Gasteiger partial charge in [-0.3, -0.25) is 4.79 Å². The van der Waals surface area contributed by atoms with E-state index in [9.17, 15) is 4.79 Å². The van der Waals surface area contributed by atoms with Gasteiger partial charge in [0.15, 0.2) is 0 Å². The van der Waals surface area contributed by atoms with E-state index < -0.39 is 0 Å². The maximum atomic E-state index is 12.2. The van der Waals surface area contributed by atoms with Crippen molar-refractivity contribution in [2.75, 3.05) is 19.0 Å². The Kier molecular flexibility index (Phi) is 3.35. The van der Waals surface area contributed by atoms with E-state index in [-0.39, 0.29) is 17.2 Å². The molecule has 2 aliphatic heterocycles. The molecule has 1 unspecified atom stereocenters. The molecule has 0 N–H and O–H groups in total. The fourth-order valence-corrected chi connectivity index (χ4v) is 3.63. The van der Waals surface area contributed by atoms with Crippen LogP contribution in [0.4, 0.5) is 5.69 Å². The predicted molar refractivity (Wildman–Crippen MR) is 89.9 cm³/mol. The van der Waals surface area contributed by atoms with Gasteiger partial charge in [-0.15, -0.1) is 0 Å². The molecular weight excluding hydrogens is 274 g/mol. The number of likely N-dealkylation sites (N-methyl/N-ethyl adjacent to an activating group) is 1. The van der Waals surface area contributed by atoms with E-state index in [4.69, 9.17) is 0 Å². The number of para-hydroxylation sites is 1. The number of fused-ring (bicyclic) bond motifs is 1. The Balaban J connectivity index is 1.90. The van der Waals surface area contributed by atoms with Crippen LogP contribution >= 0.6 is 0 Å². The topological polar surface area (TPSA) is 35.9 Å². The molecule has 0 aliphatic carbocycles. The maximum absolute atomic E-state index is 12.2. The molecule has 1 aromatic rings. The Labute approximate surface area is 132 Å². The first-order valence-corrected chi connectivity index (χ1v) is 7.70. The zero-order valence-electron chi connectivity index (χ0n) is 13.9. The number of hydrazone groups is 1. The summed E-state index contributed by atoms with van der Waals surface area (Å²) in [5.74, 6) is -0.0317. The van der Waals surface area contributed by atoms with Gasteiger partial charge in [-0.25, -0.2) is 5.01 Å². The molecule has 0 saturated carbocycles. The van der Waals surface area contributed by atoms with Crippen molar-refractivity contribution in [2.24, 2.45) is 11.0 Å². The minimum absolute atomic E-state index is 0.0378. The average Bonchev–Trinajstić information content (AvgIpc) is 2.83. The first-order chi connectivity index (χ1) is 10.3. The molecule has 3 rings (SSSR count). The van der Waals surface area contributed by atoms with Crippen LogP contribution in [-0.4, -0.2) is 30.7 Å². The van der Waals surface area contributed by atoms with Crippen LogP contribution in [0.3, 0.4) is 0 Å². The van der Waals surface area contributed by atoms with Crippen LogP contribution in [0.5, 0.6) is 0 Å². The number of benzene rings is 1. The minimum atomic E-state index is -0.120. The van der Waals surface area contributed by atoms with Crippen LogP contribution in [0.15, 0.2) is 41.1 Å². The van der Waals surface area contributed by atoms with Crippen molar-refractivity contribution >= 4 is 17.3 Å². The van der Waals surface area contributed by atoms with Gasteiger partial charge in [0, 0.05) is 36.6 Å². The molecule has 0 fully saturated rings. The SMILES string of the molecule is CC1=NN(C)C(=O)C1CC=C1N(C)c2ccccc2C1(C)C. The van der Waals surface area contributed by atoms with Crippen molar-refractivity contribution in [1.82, 2.24) is 5.01 Å². The lowest BCUT2D eigenvalue weighted by atomic mass is 9.83. The maximum Gasteiger partial charge on any atom is 0.251 e. The van der Waals surface area contributed by atoms with Crippen LogP contribution in [0, 0.1) is 5.92 Å². The minimum Gasteiger partial charge on any atom is -0.347 e. The number of nitrogens with zero attached hydrogens (tertiary/aromatic N) is 3. The van der Waals surface area contributed by atoms with E-state index in [2.05, 4.69) is 61.2 Å². The van der Waals surface area contributed by atoms with E-state index in [1.165, 1.54) is 22.0 Å². The highest BCUT2D eigenvalue weighted by molar-refractivity contribution is 6.06. The van der Waals surface area contributed by atoms with E-state index in [0.717, 1.165) is 5.71 Å². The third-order valence-corrected chi connectivity index (χ3v) is 4.92. The molecule has 0 aromatic heterocycles. The second kappa shape index (κ2) is 4.97. The Hall–Kier alpha value is -2.10. The number of carbonyl (C=O) groups is 1. The van der Waals surface area contributed by atoms with Gasteiger partial charge in [0.05, 0.1) is 5.92 Å². The van der Waals surface area contributed by atoms with E-state index >= 15 is 0 Å². The number of hydrogen-bond donors (Lipinski definition) is 0. The summed E-state index contributed by atoms with van der Waals surface area (Å²) in [5.41, 5.74) is 4.71. The average molecular weight is 297 g/mol. The van der Waals surface area contributed by atoms with Crippen LogP contribution in [0.25, 0.3) is 0 Å². The second-order valence-electron chi connectivity index (χ2n) is 6.68. The van der Waals surface area contributed by atoms with Crippen LogP contribution in [0.1, 0.15) is 32.8 Å². The Morgan fingerprint density at radius 1 is 1.27 bits per heavy atom. The second-order valence-corrected chi connectivity index (χ2v) is 6.68. The van der Waals surface area contributed by atoms with Crippen molar-refractivity contribution in [3.05, 3.63) is 41.6 Å². The zero-order chi connectivity index (χ0) is 16.1. The van der Waals surface area contributed by atoms with Crippen LogP contribution in [0.2, 0.25) is 0 Å². The highest BCUT2D eigenvalue weighted by Gasteiger charge is 2.38. The number of rotatable bonds is 2. The standard InChI is InChI=1S/C18H23N3O/c1-12-13(17(22)21(5)19-12)10-11-16-18(2,3)14-8-6-7-9-15(14)20(16)4/h6-9,11,13H,10H2,1-5H3. The van der Waals surface area contributed by atoms with Gasteiger partial charge < -0.3 is 4.90 Å². The molecule has 0 spiro atoms. The quantitative estimate of drug-likeness (QED) is 0.840. The van der Waals surface area contributed by atoms with E-state index in [1.807, 2.05) is 6.92 Å². The molecule has 4 nitrogen and oxygen atoms in total. The first kappa shape index (κ1) is 14.8. The van der Waals surface area contributed by atoms with Crippen molar-refractivity contribution in [2.45, 2.75) is 32.6 Å². The number of anilines is 1. The van der Waals surface area contributed by atoms with Crippen molar-refractivity contribution in [1.29, 1.82) is 0 Å². The Morgan fingerprint density at radius 2 is 1.95 bits per heavy atom. The molecular formula is C18H23N3O. The molecule has 4 heteroatoms. The van der Waals surface area contributed by atoms with Gasteiger partial charge in [0.25, 0.3) is 5.91 Å². The molecule has 0 bridgehead atoms. The fraction of sp³-hybridized carbons (Fsp3) is 0.444. The third-order valence-electron chi connectivity index (χ3n) is 4.92. The summed E-state index contributed by atoms with van der Waals surface area (Å²) >= 11 is 0. The van der Waals surface area contributed by atoms with E-state index in [1.54, 1.807) is 7.05 Å². The first-order valence-electron chi connectivity index (χ1n) is 7.70. The normalized spacial score (nSPS) is 25.0. The third kappa shape index (κ3) is 2.05. The summed E-state index contributed by atoms with van der Waals surface area (Å²) in [7, 11) is 3.82. The summed E-state index contributed by atoms with van der Waals surface area (Å²) in [6.45, 7) is 6.41.